The number of benzene rings is 3. The molecule has 4 aromatic rings. The Hall–Kier alpha value is -4.57. The van der Waals surface area contributed by atoms with Gasteiger partial charge in [0.25, 0.3) is 11.5 Å². The van der Waals surface area contributed by atoms with E-state index >= 15 is 0 Å². The highest BCUT2D eigenvalue weighted by Gasteiger charge is 2.23. The van der Waals surface area contributed by atoms with Gasteiger partial charge < -0.3 is 24.1 Å². The Morgan fingerprint density at radius 3 is 2.38 bits per heavy atom. The fraction of sp³-hybridized carbons (Fsp3) is 0.276. The summed E-state index contributed by atoms with van der Waals surface area (Å²) >= 11 is 0. The number of rotatable bonds is 6. The van der Waals surface area contributed by atoms with Crippen LogP contribution < -0.4 is 25.5 Å². The second-order valence-electron chi connectivity index (χ2n) is 9.69. The molecule has 200 valence electrons. The van der Waals surface area contributed by atoms with Crippen LogP contribution in [0.25, 0.3) is 10.9 Å². The third kappa shape index (κ3) is 4.98. The molecule has 3 aromatic carbocycles. The molecule has 0 atom stereocenters. The zero-order valence-corrected chi connectivity index (χ0v) is 21.5. The van der Waals surface area contributed by atoms with Crippen LogP contribution in [0.2, 0.25) is 0 Å². The molecule has 10 nitrogen and oxygen atoms in total. The molecular weight excluding hydrogens is 500 g/mol. The highest BCUT2D eigenvalue weighted by molar-refractivity contribution is 5.97. The molecule has 0 spiro atoms. The monoisotopic (exact) mass is 528 g/mol. The summed E-state index contributed by atoms with van der Waals surface area (Å²) < 4.78 is 17.2. The van der Waals surface area contributed by atoms with Gasteiger partial charge in [-0.1, -0.05) is 18.2 Å². The Morgan fingerprint density at radius 2 is 1.62 bits per heavy atom. The number of nitrogens with zero attached hydrogens (tertiary/aromatic N) is 3. The first-order chi connectivity index (χ1) is 19.0. The highest BCUT2D eigenvalue weighted by Crippen LogP contribution is 2.33. The van der Waals surface area contributed by atoms with Gasteiger partial charge in [0.1, 0.15) is 5.75 Å². The summed E-state index contributed by atoms with van der Waals surface area (Å²) in [6.45, 7) is 3.79. The maximum atomic E-state index is 13.3. The van der Waals surface area contributed by atoms with E-state index in [9.17, 15) is 14.4 Å². The largest absolute Gasteiger partial charge is 0.497 e. The third-order valence-electron chi connectivity index (χ3n) is 7.23. The van der Waals surface area contributed by atoms with Crippen LogP contribution in [0, 0.1) is 0 Å². The molecular formula is C29H28N4O6. The van der Waals surface area contributed by atoms with Crippen LogP contribution in [0.3, 0.4) is 0 Å². The molecule has 0 aliphatic carbocycles. The van der Waals surface area contributed by atoms with Gasteiger partial charge in [0, 0.05) is 38.3 Å². The summed E-state index contributed by atoms with van der Waals surface area (Å²) in [5.41, 5.74) is 1.80. The second kappa shape index (κ2) is 10.3. The van der Waals surface area contributed by atoms with E-state index in [4.69, 9.17) is 14.2 Å². The number of aromatic nitrogens is 2. The van der Waals surface area contributed by atoms with Crippen LogP contribution in [0.15, 0.2) is 70.3 Å². The zero-order valence-electron chi connectivity index (χ0n) is 21.5. The van der Waals surface area contributed by atoms with E-state index in [0.29, 0.717) is 35.3 Å². The smallest absolute Gasteiger partial charge is 0.329 e. The summed E-state index contributed by atoms with van der Waals surface area (Å²) in [7, 11) is 1.58. The topological polar surface area (TPSA) is 106 Å². The van der Waals surface area contributed by atoms with E-state index in [0.717, 1.165) is 46.8 Å². The number of methoxy groups -OCH3 is 1. The van der Waals surface area contributed by atoms with Gasteiger partial charge >= 0.3 is 5.69 Å². The van der Waals surface area contributed by atoms with Crippen molar-refractivity contribution in [1.82, 2.24) is 19.4 Å². The summed E-state index contributed by atoms with van der Waals surface area (Å²) in [5.74, 6) is 2.11. The second-order valence-corrected chi connectivity index (χ2v) is 9.69. The molecule has 0 unspecified atom stereocenters. The van der Waals surface area contributed by atoms with Crippen LogP contribution >= 0.6 is 0 Å². The normalized spacial score (nSPS) is 15.1. The van der Waals surface area contributed by atoms with Gasteiger partial charge in [0.15, 0.2) is 11.5 Å². The molecule has 2 aliphatic rings. The maximum Gasteiger partial charge on any atom is 0.329 e. The number of carbonyl (C=O) groups excluding carboxylic acids is 1. The number of ether oxygens (including phenoxy) is 3. The fourth-order valence-corrected chi connectivity index (χ4v) is 5.03. The Kier molecular flexibility index (Phi) is 6.54. The molecule has 1 amide bonds. The van der Waals surface area contributed by atoms with Gasteiger partial charge in [-0.25, -0.2) is 4.79 Å². The van der Waals surface area contributed by atoms with Crippen molar-refractivity contribution in [3.05, 3.63) is 98.2 Å². The maximum absolute atomic E-state index is 13.3. The molecule has 3 heterocycles. The van der Waals surface area contributed by atoms with Gasteiger partial charge in [-0.2, -0.15) is 0 Å². The molecule has 6 rings (SSSR count). The van der Waals surface area contributed by atoms with E-state index in [1.807, 2.05) is 30.3 Å². The van der Waals surface area contributed by atoms with E-state index in [2.05, 4.69) is 9.88 Å². The van der Waals surface area contributed by atoms with Crippen molar-refractivity contribution in [2.24, 2.45) is 0 Å². The van der Waals surface area contributed by atoms with Crippen LogP contribution in [-0.2, 0) is 13.1 Å². The lowest BCUT2D eigenvalue weighted by atomic mass is 10.1. The van der Waals surface area contributed by atoms with E-state index < -0.39 is 11.2 Å². The minimum atomic E-state index is -0.523. The first-order valence-corrected chi connectivity index (χ1v) is 12.8. The van der Waals surface area contributed by atoms with Crippen molar-refractivity contribution in [3.63, 3.8) is 0 Å². The first kappa shape index (κ1) is 24.7. The molecule has 2 aliphatic heterocycles. The summed E-state index contributed by atoms with van der Waals surface area (Å²) in [6.07, 6.45) is 0. The van der Waals surface area contributed by atoms with Gasteiger partial charge in [0.05, 0.1) is 24.6 Å². The molecule has 0 bridgehead atoms. The minimum Gasteiger partial charge on any atom is -0.497 e. The van der Waals surface area contributed by atoms with Crippen molar-refractivity contribution in [1.29, 1.82) is 0 Å². The average Bonchev–Trinajstić information content (AvgIpc) is 3.43. The Bertz CT molecular complexity index is 1650. The van der Waals surface area contributed by atoms with Gasteiger partial charge in [0.2, 0.25) is 6.79 Å². The summed E-state index contributed by atoms with van der Waals surface area (Å²) in [5, 5.41) is 0.355. The number of hydrogen-bond donors (Lipinski definition) is 1. The van der Waals surface area contributed by atoms with E-state index in [-0.39, 0.29) is 19.2 Å². The summed E-state index contributed by atoms with van der Waals surface area (Å²) in [6, 6.07) is 18.0. The standard InChI is InChI=1S/C29H28N4O6/c1-37-22-6-2-19(3-7-22)17-33-28(35)23-8-5-21(15-24(23)30-29(33)36)27(34)32-12-10-31(11-13-32)16-20-4-9-25-26(14-20)39-18-38-25/h2-9,14-15H,10-13,16-18H2,1H3,(H,30,36). The van der Waals surface area contributed by atoms with Crippen LogP contribution in [0.1, 0.15) is 21.5 Å². The van der Waals surface area contributed by atoms with Crippen molar-refractivity contribution in [2.75, 3.05) is 40.1 Å². The number of carbonyl (C=O) groups is 1. The third-order valence-corrected chi connectivity index (χ3v) is 7.23. The number of piperazine rings is 1. The number of fused-ring (bicyclic) bond motifs is 2. The Balaban J connectivity index is 1.13. The first-order valence-electron chi connectivity index (χ1n) is 12.8. The number of nitrogens with one attached hydrogen (secondary N) is 1. The van der Waals surface area contributed by atoms with Crippen LogP contribution in [-0.4, -0.2) is 65.3 Å². The quantitative estimate of drug-likeness (QED) is 0.410. The van der Waals surface area contributed by atoms with Crippen molar-refractivity contribution >= 4 is 16.8 Å². The van der Waals surface area contributed by atoms with Gasteiger partial charge in [-0.15, -0.1) is 0 Å². The zero-order chi connectivity index (χ0) is 26.9. The number of aromatic amines is 1. The van der Waals surface area contributed by atoms with Crippen molar-refractivity contribution in [3.8, 4) is 17.2 Å². The molecule has 0 saturated carbocycles. The van der Waals surface area contributed by atoms with Crippen LogP contribution in [0.4, 0.5) is 0 Å². The predicted molar refractivity (Wildman–Crippen MR) is 145 cm³/mol. The van der Waals surface area contributed by atoms with Crippen molar-refractivity contribution in [2.45, 2.75) is 13.1 Å². The molecule has 0 radical (unpaired) electrons. The fourth-order valence-electron chi connectivity index (χ4n) is 5.03. The molecule has 1 aromatic heterocycles. The Morgan fingerprint density at radius 1 is 0.872 bits per heavy atom. The molecule has 1 fully saturated rings. The lowest BCUT2D eigenvalue weighted by Gasteiger charge is -2.34. The SMILES string of the molecule is COc1ccc(Cn2c(=O)[nH]c3cc(C(=O)N4CCN(Cc5ccc6c(c5)OCO6)CC4)ccc3c2=O)cc1. The average molecular weight is 529 g/mol. The minimum absolute atomic E-state index is 0.122. The van der Waals surface area contributed by atoms with Gasteiger partial charge in [-0.05, 0) is 53.6 Å². The number of hydrogen-bond acceptors (Lipinski definition) is 7. The molecule has 1 saturated heterocycles. The lowest BCUT2D eigenvalue weighted by Crippen LogP contribution is -2.48. The van der Waals surface area contributed by atoms with Crippen molar-refractivity contribution < 1.29 is 19.0 Å². The number of amides is 1. The molecule has 10 heteroatoms. The predicted octanol–water partition coefficient (Wildman–Crippen LogP) is 2.43. The van der Waals surface area contributed by atoms with E-state index in [1.54, 1.807) is 42.3 Å². The van der Waals surface area contributed by atoms with Gasteiger partial charge in [-0.3, -0.25) is 19.1 Å². The lowest BCUT2D eigenvalue weighted by molar-refractivity contribution is 0.0628. The Labute approximate surface area is 223 Å². The highest BCUT2D eigenvalue weighted by atomic mass is 16.7. The molecule has 39 heavy (non-hydrogen) atoms. The number of H-pyrrole nitrogens is 1. The molecule has 1 N–H and O–H groups in total. The summed E-state index contributed by atoms with van der Waals surface area (Å²) in [4.78, 5) is 46.0. The van der Waals surface area contributed by atoms with Crippen LogP contribution in [0.5, 0.6) is 17.2 Å². The van der Waals surface area contributed by atoms with E-state index in [1.165, 1.54) is 0 Å².